The fraction of sp³-hybridized carbons (Fsp3) is 0.462. The molecule has 2 N–H and O–H groups in total. The Bertz CT molecular complexity index is 462. The first kappa shape index (κ1) is 13.2. The summed E-state index contributed by atoms with van der Waals surface area (Å²) in [5.74, 6) is -0.00178. The van der Waals surface area contributed by atoms with Gasteiger partial charge in [-0.15, -0.1) is 0 Å². The number of phenols is 1. The number of likely N-dealkylation sites (tertiary alicyclic amines) is 1. The molecule has 1 fully saturated rings. The molecule has 1 heterocycles. The maximum absolute atomic E-state index is 12.2. The largest absolute Gasteiger partial charge is 0.506 e. The van der Waals surface area contributed by atoms with Gasteiger partial charge in [-0.1, -0.05) is 11.6 Å². The number of halogens is 1. The number of aliphatic hydroxyl groups excluding tert-OH is 1. The van der Waals surface area contributed by atoms with E-state index in [1.54, 1.807) is 17.9 Å². The summed E-state index contributed by atoms with van der Waals surface area (Å²) in [4.78, 5) is 13.9. The molecule has 1 aromatic carbocycles. The lowest BCUT2D eigenvalue weighted by atomic mass is 10.0. The van der Waals surface area contributed by atoms with E-state index in [9.17, 15) is 15.0 Å². The Kier molecular flexibility index (Phi) is 3.78. The van der Waals surface area contributed by atoms with Crippen LogP contribution in [0.5, 0.6) is 5.75 Å². The van der Waals surface area contributed by atoms with Crippen molar-refractivity contribution in [2.75, 3.05) is 13.1 Å². The van der Waals surface area contributed by atoms with Crippen molar-refractivity contribution in [3.8, 4) is 5.75 Å². The lowest BCUT2D eigenvalue weighted by Gasteiger charge is -2.18. The predicted molar refractivity (Wildman–Crippen MR) is 68.8 cm³/mol. The van der Waals surface area contributed by atoms with Crippen LogP contribution in [0.1, 0.15) is 23.7 Å². The number of carbonyl (C=O) groups excluding carboxylic acids is 1. The summed E-state index contributed by atoms with van der Waals surface area (Å²) in [6.45, 7) is 2.96. The van der Waals surface area contributed by atoms with Crippen LogP contribution in [0.25, 0.3) is 0 Å². The molecular formula is C13H16ClNO3. The van der Waals surface area contributed by atoms with Gasteiger partial charge >= 0.3 is 0 Å². The molecule has 0 radical (unpaired) electrons. The predicted octanol–water partition coefficient (Wildman–Crippen LogP) is 1.89. The highest BCUT2D eigenvalue weighted by Gasteiger charge is 2.29. The van der Waals surface area contributed by atoms with Crippen LogP contribution >= 0.6 is 11.6 Å². The van der Waals surface area contributed by atoms with Crippen molar-refractivity contribution in [3.05, 3.63) is 28.8 Å². The first-order valence-electron chi connectivity index (χ1n) is 5.95. The summed E-state index contributed by atoms with van der Waals surface area (Å²) in [6, 6.07) is 4.44. The molecule has 1 aromatic rings. The molecule has 2 atom stereocenters. The Balaban J connectivity index is 2.10. The van der Waals surface area contributed by atoms with Gasteiger partial charge in [0.1, 0.15) is 5.75 Å². The van der Waals surface area contributed by atoms with Crippen molar-refractivity contribution in [2.24, 2.45) is 5.92 Å². The van der Waals surface area contributed by atoms with Crippen LogP contribution in [0.4, 0.5) is 0 Å². The Morgan fingerprint density at radius 1 is 1.56 bits per heavy atom. The van der Waals surface area contributed by atoms with Crippen molar-refractivity contribution in [2.45, 2.75) is 19.4 Å². The zero-order chi connectivity index (χ0) is 13.3. The minimum atomic E-state index is -0.397. The molecule has 2 unspecified atom stereocenters. The number of hydrogen-bond donors (Lipinski definition) is 2. The van der Waals surface area contributed by atoms with Gasteiger partial charge in [-0.05, 0) is 31.5 Å². The van der Waals surface area contributed by atoms with Crippen LogP contribution in [0, 0.1) is 5.92 Å². The quantitative estimate of drug-likeness (QED) is 0.862. The first-order chi connectivity index (χ1) is 8.49. The average molecular weight is 270 g/mol. The Morgan fingerprint density at radius 2 is 2.28 bits per heavy atom. The highest BCUT2D eigenvalue weighted by molar-refractivity contribution is 6.32. The summed E-state index contributed by atoms with van der Waals surface area (Å²) in [6.07, 6.45) is 0.418. The number of rotatable bonds is 2. The second kappa shape index (κ2) is 5.16. The summed E-state index contributed by atoms with van der Waals surface area (Å²) in [7, 11) is 0. The third-order valence-corrected chi connectivity index (χ3v) is 3.69. The Hall–Kier alpha value is -1.26. The van der Waals surface area contributed by atoms with Crippen LogP contribution in [0.2, 0.25) is 5.02 Å². The van der Waals surface area contributed by atoms with Gasteiger partial charge in [0.2, 0.25) is 0 Å². The van der Waals surface area contributed by atoms with Crippen molar-refractivity contribution >= 4 is 17.5 Å². The van der Waals surface area contributed by atoms with E-state index in [1.807, 2.05) is 0 Å². The molecule has 18 heavy (non-hydrogen) atoms. The van der Waals surface area contributed by atoms with E-state index in [2.05, 4.69) is 0 Å². The Labute approximate surface area is 111 Å². The van der Waals surface area contributed by atoms with Crippen LogP contribution in [-0.4, -0.2) is 40.2 Å². The topological polar surface area (TPSA) is 60.8 Å². The van der Waals surface area contributed by atoms with Crippen LogP contribution in [0.3, 0.4) is 0 Å². The lowest BCUT2D eigenvalue weighted by Crippen LogP contribution is -2.30. The molecule has 0 aliphatic carbocycles. The summed E-state index contributed by atoms with van der Waals surface area (Å²) >= 11 is 5.78. The van der Waals surface area contributed by atoms with Gasteiger partial charge in [0.05, 0.1) is 11.1 Å². The number of aromatic hydroxyl groups is 1. The van der Waals surface area contributed by atoms with Gasteiger partial charge in [-0.2, -0.15) is 0 Å². The highest BCUT2D eigenvalue weighted by Crippen LogP contribution is 2.26. The van der Waals surface area contributed by atoms with E-state index in [4.69, 9.17) is 11.6 Å². The maximum atomic E-state index is 12.2. The van der Waals surface area contributed by atoms with Gasteiger partial charge in [0.25, 0.3) is 5.91 Å². The summed E-state index contributed by atoms with van der Waals surface area (Å²) < 4.78 is 0. The number of aliphatic hydroxyl groups is 1. The number of nitrogens with zero attached hydrogens (tertiary/aromatic N) is 1. The smallest absolute Gasteiger partial charge is 0.253 e. The van der Waals surface area contributed by atoms with Gasteiger partial charge < -0.3 is 15.1 Å². The molecule has 4 nitrogen and oxygen atoms in total. The molecule has 1 saturated heterocycles. The van der Waals surface area contributed by atoms with Gasteiger partial charge in [0.15, 0.2) is 0 Å². The molecule has 0 saturated carbocycles. The van der Waals surface area contributed by atoms with Crippen molar-refractivity contribution in [1.29, 1.82) is 0 Å². The lowest BCUT2D eigenvalue weighted by molar-refractivity contribution is 0.0762. The van der Waals surface area contributed by atoms with Crippen molar-refractivity contribution in [1.82, 2.24) is 4.90 Å². The molecule has 98 valence electrons. The minimum Gasteiger partial charge on any atom is -0.506 e. The Morgan fingerprint density at radius 3 is 2.83 bits per heavy atom. The zero-order valence-corrected chi connectivity index (χ0v) is 10.9. The normalized spacial score (nSPS) is 21.1. The fourth-order valence-corrected chi connectivity index (χ4v) is 2.37. The minimum absolute atomic E-state index is 0.0310. The van der Waals surface area contributed by atoms with Crippen LogP contribution in [-0.2, 0) is 0 Å². The second-order valence-corrected chi connectivity index (χ2v) is 5.11. The molecule has 0 spiro atoms. The van der Waals surface area contributed by atoms with E-state index in [1.165, 1.54) is 12.1 Å². The third kappa shape index (κ3) is 2.60. The zero-order valence-electron chi connectivity index (χ0n) is 10.1. The SMILES string of the molecule is CC(O)C1CCN(C(=O)c2ccc(O)c(Cl)c2)C1. The van der Waals surface area contributed by atoms with Gasteiger partial charge in [-0.3, -0.25) is 4.79 Å². The standard InChI is InChI=1S/C13H16ClNO3/c1-8(16)10-4-5-15(7-10)13(18)9-2-3-12(17)11(14)6-9/h2-3,6,8,10,16-17H,4-5,7H2,1H3. The summed E-state index contributed by atoms with van der Waals surface area (Å²) in [5, 5.41) is 19.0. The van der Waals surface area contributed by atoms with E-state index >= 15 is 0 Å². The van der Waals surface area contributed by atoms with Gasteiger partial charge in [0, 0.05) is 24.6 Å². The molecule has 1 aliphatic heterocycles. The monoisotopic (exact) mass is 269 g/mol. The number of carbonyl (C=O) groups is 1. The molecule has 2 rings (SSSR count). The van der Waals surface area contributed by atoms with E-state index in [-0.39, 0.29) is 22.6 Å². The molecular weight excluding hydrogens is 254 g/mol. The van der Waals surface area contributed by atoms with Gasteiger partial charge in [-0.25, -0.2) is 0 Å². The number of benzene rings is 1. The van der Waals surface area contributed by atoms with Crippen LogP contribution < -0.4 is 0 Å². The van der Waals surface area contributed by atoms with E-state index in [0.29, 0.717) is 18.7 Å². The second-order valence-electron chi connectivity index (χ2n) is 4.71. The molecule has 1 amide bonds. The number of hydrogen-bond acceptors (Lipinski definition) is 3. The number of amides is 1. The molecule has 1 aliphatic rings. The average Bonchev–Trinajstić information content (AvgIpc) is 2.81. The fourth-order valence-electron chi connectivity index (χ4n) is 2.19. The first-order valence-corrected chi connectivity index (χ1v) is 6.32. The highest BCUT2D eigenvalue weighted by atomic mass is 35.5. The van der Waals surface area contributed by atoms with E-state index < -0.39 is 6.10 Å². The number of phenolic OH excluding ortho intramolecular Hbond substituents is 1. The maximum Gasteiger partial charge on any atom is 0.253 e. The summed E-state index contributed by atoms with van der Waals surface area (Å²) in [5.41, 5.74) is 0.462. The molecule has 0 bridgehead atoms. The van der Waals surface area contributed by atoms with Crippen LogP contribution in [0.15, 0.2) is 18.2 Å². The van der Waals surface area contributed by atoms with Crippen molar-refractivity contribution < 1.29 is 15.0 Å². The molecule has 0 aromatic heterocycles. The van der Waals surface area contributed by atoms with E-state index in [0.717, 1.165) is 6.42 Å². The molecule has 5 heteroatoms. The van der Waals surface area contributed by atoms with Crippen molar-refractivity contribution in [3.63, 3.8) is 0 Å². The third-order valence-electron chi connectivity index (χ3n) is 3.39.